The third kappa shape index (κ3) is 4.57. The molecule has 0 aliphatic heterocycles. The highest BCUT2D eigenvalue weighted by Gasteiger charge is 2.06. The first-order chi connectivity index (χ1) is 10.2. The average molecular weight is 301 g/mol. The number of hydrogen-bond acceptors (Lipinski definition) is 5. The van der Waals surface area contributed by atoms with Crippen molar-refractivity contribution in [1.82, 2.24) is 9.88 Å². The van der Waals surface area contributed by atoms with Gasteiger partial charge in [0.15, 0.2) is 0 Å². The van der Waals surface area contributed by atoms with Crippen LogP contribution in [0.1, 0.15) is 16.8 Å². The first-order valence-electron chi connectivity index (χ1n) is 6.64. The molecule has 0 aliphatic carbocycles. The van der Waals surface area contributed by atoms with Gasteiger partial charge < -0.3 is 10.5 Å². The van der Waals surface area contributed by atoms with Crippen LogP contribution in [0.4, 0.5) is 0 Å². The molecule has 0 spiro atoms. The van der Waals surface area contributed by atoms with Gasteiger partial charge in [0.1, 0.15) is 5.75 Å². The van der Waals surface area contributed by atoms with E-state index >= 15 is 0 Å². The summed E-state index contributed by atoms with van der Waals surface area (Å²) >= 11 is 1.62. The summed E-state index contributed by atoms with van der Waals surface area (Å²) in [6.45, 7) is 2.01. The number of hydrogen-bond donors (Lipinski definition) is 1. The van der Waals surface area contributed by atoms with Crippen molar-refractivity contribution < 1.29 is 4.74 Å². The maximum Gasteiger partial charge on any atom is 0.134 e. The molecular formula is C16H19N3OS. The topological polar surface area (TPSA) is 51.4 Å². The maximum atomic E-state index is 5.43. The molecule has 0 amide bonds. The van der Waals surface area contributed by atoms with Gasteiger partial charge in [-0.2, -0.15) is 0 Å². The number of nitrogens with zero attached hydrogens (tertiary/aromatic N) is 2. The molecule has 110 valence electrons. The normalized spacial score (nSPS) is 10.3. The van der Waals surface area contributed by atoms with Crippen LogP contribution in [-0.4, -0.2) is 30.6 Å². The van der Waals surface area contributed by atoms with E-state index in [1.54, 1.807) is 18.4 Å². The van der Waals surface area contributed by atoms with Gasteiger partial charge in [-0.25, -0.2) is 4.98 Å². The van der Waals surface area contributed by atoms with E-state index in [4.69, 9.17) is 10.5 Å². The molecule has 0 fully saturated rings. The van der Waals surface area contributed by atoms with Gasteiger partial charge in [0.2, 0.25) is 0 Å². The molecule has 0 unspecified atom stereocenters. The molecule has 0 saturated carbocycles. The van der Waals surface area contributed by atoms with Gasteiger partial charge in [-0.05, 0) is 24.7 Å². The van der Waals surface area contributed by atoms with E-state index in [-0.39, 0.29) is 0 Å². The molecule has 2 rings (SSSR count). The Morgan fingerprint density at radius 1 is 1.38 bits per heavy atom. The average Bonchev–Trinajstić information content (AvgIpc) is 2.98. The first-order valence-corrected chi connectivity index (χ1v) is 7.58. The van der Waals surface area contributed by atoms with Crippen LogP contribution < -0.4 is 10.5 Å². The summed E-state index contributed by atoms with van der Waals surface area (Å²) in [6, 6.07) is 6.07. The minimum atomic E-state index is 0.344. The molecule has 0 bridgehead atoms. The Balaban J connectivity index is 2.09. The van der Waals surface area contributed by atoms with Gasteiger partial charge >= 0.3 is 0 Å². The first kappa shape index (κ1) is 15.5. The highest BCUT2D eigenvalue weighted by atomic mass is 32.1. The second kappa shape index (κ2) is 7.79. The van der Waals surface area contributed by atoms with Crippen molar-refractivity contribution in [3.05, 3.63) is 45.9 Å². The van der Waals surface area contributed by atoms with Gasteiger partial charge in [-0.1, -0.05) is 17.9 Å². The number of aromatic nitrogens is 1. The smallest absolute Gasteiger partial charge is 0.134 e. The summed E-state index contributed by atoms with van der Waals surface area (Å²) in [7, 11) is 3.73. The summed E-state index contributed by atoms with van der Waals surface area (Å²) in [4.78, 5) is 6.52. The molecule has 4 nitrogen and oxygen atoms in total. The fourth-order valence-corrected chi connectivity index (χ4v) is 2.61. The number of nitrogens with two attached hydrogens (primary N) is 1. The summed E-state index contributed by atoms with van der Waals surface area (Å²) in [5, 5.41) is 2.07. The minimum absolute atomic E-state index is 0.344. The van der Waals surface area contributed by atoms with Crippen LogP contribution in [0.25, 0.3) is 0 Å². The quantitative estimate of drug-likeness (QED) is 0.859. The van der Waals surface area contributed by atoms with Gasteiger partial charge in [0.25, 0.3) is 0 Å². The third-order valence-corrected chi connectivity index (χ3v) is 3.59. The van der Waals surface area contributed by atoms with E-state index in [9.17, 15) is 0 Å². The van der Waals surface area contributed by atoms with E-state index in [2.05, 4.69) is 46.3 Å². The lowest BCUT2D eigenvalue weighted by Crippen LogP contribution is -2.17. The molecule has 2 N–H and O–H groups in total. The van der Waals surface area contributed by atoms with Crippen molar-refractivity contribution in [2.45, 2.75) is 13.1 Å². The lowest BCUT2D eigenvalue weighted by molar-refractivity contribution is 0.315. The van der Waals surface area contributed by atoms with Crippen molar-refractivity contribution in [2.24, 2.45) is 5.73 Å². The van der Waals surface area contributed by atoms with E-state index in [0.29, 0.717) is 6.54 Å². The molecular weight excluding hydrogens is 282 g/mol. The summed E-state index contributed by atoms with van der Waals surface area (Å²) in [5.41, 5.74) is 10.5. The fraction of sp³-hybridized carbons (Fsp3) is 0.312. The van der Waals surface area contributed by atoms with E-state index in [1.165, 1.54) is 5.56 Å². The van der Waals surface area contributed by atoms with Crippen LogP contribution in [0.2, 0.25) is 0 Å². The Labute approximate surface area is 129 Å². The Bertz CT molecular complexity index is 629. The molecule has 0 saturated heterocycles. The summed E-state index contributed by atoms with van der Waals surface area (Å²) in [6.07, 6.45) is 0. The highest BCUT2D eigenvalue weighted by Crippen LogP contribution is 2.20. The molecule has 1 aromatic heterocycles. The Morgan fingerprint density at radius 3 is 2.90 bits per heavy atom. The van der Waals surface area contributed by atoms with Gasteiger partial charge in [0, 0.05) is 18.5 Å². The fourth-order valence-electron chi connectivity index (χ4n) is 2.06. The van der Waals surface area contributed by atoms with E-state index in [0.717, 1.165) is 30.1 Å². The van der Waals surface area contributed by atoms with Crippen molar-refractivity contribution in [3.63, 3.8) is 0 Å². The molecule has 0 radical (unpaired) electrons. The molecule has 1 heterocycles. The van der Waals surface area contributed by atoms with Crippen molar-refractivity contribution in [3.8, 4) is 17.6 Å². The van der Waals surface area contributed by atoms with Crippen LogP contribution in [0.15, 0.2) is 29.1 Å². The van der Waals surface area contributed by atoms with E-state index < -0.39 is 0 Å². The SMILES string of the molecule is COc1ccc(CN(C)Cc2cscn2)cc1C#CCN. The number of rotatable bonds is 5. The predicted molar refractivity (Wildman–Crippen MR) is 86.2 cm³/mol. The molecule has 2 aromatic rings. The Kier molecular flexibility index (Phi) is 5.76. The second-order valence-corrected chi connectivity index (χ2v) is 5.41. The summed E-state index contributed by atoms with van der Waals surface area (Å²) in [5.74, 6) is 6.71. The largest absolute Gasteiger partial charge is 0.495 e. The van der Waals surface area contributed by atoms with Crippen molar-refractivity contribution in [1.29, 1.82) is 0 Å². The zero-order chi connectivity index (χ0) is 15.1. The predicted octanol–water partition coefficient (Wildman–Crippen LogP) is 2.09. The third-order valence-electron chi connectivity index (χ3n) is 2.96. The minimum Gasteiger partial charge on any atom is -0.495 e. The monoisotopic (exact) mass is 301 g/mol. The van der Waals surface area contributed by atoms with Crippen LogP contribution in [0, 0.1) is 11.8 Å². The summed E-state index contributed by atoms with van der Waals surface area (Å²) < 4.78 is 5.32. The molecule has 0 atom stereocenters. The molecule has 1 aromatic carbocycles. The zero-order valence-electron chi connectivity index (χ0n) is 12.3. The molecule has 5 heteroatoms. The van der Waals surface area contributed by atoms with Crippen LogP contribution in [-0.2, 0) is 13.1 Å². The van der Waals surface area contributed by atoms with Crippen LogP contribution >= 0.6 is 11.3 Å². The standard InChI is InChI=1S/C16H19N3OS/c1-19(10-15-11-21-12-18-15)9-13-5-6-16(20-2)14(8-13)4-3-7-17/h5-6,8,11-12H,7,9-10,17H2,1-2H3. The Hall–Kier alpha value is -1.87. The lowest BCUT2D eigenvalue weighted by Gasteiger charge is -2.16. The zero-order valence-corrected chi connectivity index (χ0v) is 13.1. The van der Waals surface area contributed by atoms with Gasteiger partial charge in [0.05, 0.1) is 30.4 Å². The van der Waals surface area contributed by atoms with Crippen LogP contribution in [0.3, 0.4) is 0 Å². The number of thiazole rings is 1. The van der Waals surface area contributed by atoms with E-state index in [1.807, 2.05) is 11.6 Å². The number of benzene rings is 1. The van der Waals surface area contributed by atoms with Crippen LogP contribution in [0.5, 0.6) is 5.75 Å². The number of ether oxygens (including phenoxy) is 1. The lowest BCUT2D eigenvalue weighted by atomic mass is 10.1. The van der Waals surface area contributed by atoms with Gasteiger partial charge in [-0.3, -0.25) is 4.90 Å². The van der Waals surface area contributed by atoms with Crippen molar-refractivity contribution >= 4 is 11.3 Å². The molecule has 0 aliphatic rings. The second-order valence-electron chi connectivity index (χ2n) is 4.69. The molecule has 21 heavy (non-hydrogen) atoms. The Morgan fingerprint density at radius 2 is 2.24 bits per heavy atom. The number of methoxy groups -OCH3 is 1. The maximum absolute atomic E-state index is 5.43. The van der Waals surface area contributed by atoms with Crippen molar-refractivity contribution in [2.75, 3.05) is 20.7 Å². The van der Waals surface area contributed by atoms with Gasteiger partial charge in [-0.15, -0.1) is 11.3 Å². The highest BCUT2D eigenvalue weighted by molar-refractivity contribution is 7.07.